The Morgan fingerprint density at radius 2 is 2.33 bits per heavy atom. The predicted molar refractivity (Wildman–Crippen MR) is 63.5 cm³/mol. The molecule has 1 aliphatic heterocycles. The number of nitrogens with one attached hydrogen (secondary N) is 1. The second-order valence-electron chi connectivity index (χ2n) is 4.46. The van der Waals surface area contributed by atoms with Crippen molar-refractivity contribution >= 4 is 11.8 Å². The summed E-state index contributed by atoms with van der Waals surface area (Å²) in [7, 11) is 0. The van der Waals surface area contributed by atoms with Crippen molar-refractivity contribution in [2.75, 3.05) is 6.54 Å². The Balaban J connectivity index is 1.91. The van der Waals surface area contributed by atoms with Gasteiger partial charge in [-0.15, -0.1) is 0 Å². The molecule has 0 spiro atoms. The Labute approximate surface area is 105 Å². The zero-order chi connectivity index (χ0) is 13.1. The lowest BCUT2D eigenvalue weighted by Crippen LogP contribution is -2.38. The van der Waals surface area contributed by atoms with Crippen LogP contribution in [0.2, 0.25) is 0 Å². The molecule has 1 N–H and O–H groups in total. The molecule has 1 fully saturated rings. The van der Waals surface area contributed by atoms with E-state index in [1.807, 2.05) is 13.8 Å². The van der Waals surface area contributed by atoms with Crippen molar-refractivity contribution in [3.05, 3.63) is 17.5 Å². The SMILES string of the molecule is CCCN1C(=O)CC(NCc2cc(C)no2)C1=O. The van der Waals surface area contributed by atoms with E-state index in [0.29, 0.717) is 18.8 Å². The highest BCUT2D eigenvalue weighted by molar-refractivity contribution is 6.05. The van der Waals surface area contributed by atoms with Gasteiger partial charge in [-0.2, -0.15) is 0 Å². The number of hydrogen-bond acceptors (Lipinski definition) is 5. The predicted octanol–water partition coefficient (Wildman–Crippen LogP) is 0.610. The first-order valence-corrected chi connectivity index (χ1v) is 6.11. The molecule has 0 aliphatic carbocycles. The molecule has 0 bridgehead atoms. The van der Waals surface area contributed by atoms with Crippen LogP contribution < -0.4 is 5.32 Å². The average molecular weight is 251 g/mol. The summed E-state index contributed by atoms with van der Waals surface area (Å²) in [5, 5.41) is 6.80. The Morgan fingerprint density at radius 1 is 1.56 bits per heavy atom. The molecule has 1 aromatic rings. The number of aryl methyl sites for hydroxylation is 1. The first-order chi connectivity index (χ1) is 8.61. The lowest BCUT2D eigenvalue weighted by molar-refractivity contribution is -0.138. The minimum Gasteiger partial charge on any atom is -0.360 e. The average Bonchev–Trinajstić information content (AvgIpc) is 2.86. The number of imide groups is 1. The number of likely N-dealkylation sites (tertiary alicyclic amines) is 1. The monoisotopic (exact) mass is 251 g/mol. The van der Waals surface area contributed by atoms with Crippen LogP contribution in [0, 0.1) is 6.92 Å². The van der Waals surface area contributed by atoms with Crippen molar-refractivity contribution in [2.45, 2.75) is 39.3 Å². The van der Waals surface area contributed by atoms with E-state index in [4.69, 9.17) is 4.52 Å². The molecule has 18 heavy (non-hydrogen) atoms. The fraction of sp³-hybridized carbons (Fsp3) is 0.583. The van der Waals surface area contributed by atoms with Gasteiger partial charge in [0.2, 0.25) is 11.8 Å². The molecule has 6 nitrogen and oxygen atoms in total. The van der Waals surface area contributed by atoms with Crippen molar-refractivity contribution in [1.29, 1.82) is 0 Å². The van der Waals surface area contributed by atoms with Crippen LogP contribution in [-0.2, 0) is 16.1 Å². The molecule has 0 aromatic carbocycles. The molecule has 1 aromatic heterocycles. The van der Waals surface area contributed by atoms with E-state index < -0.39 is 6.04 Å². The van der Waals surface area contributed by atoms with E-state index in [1.165, 1.54) is 4.90 Å². The maximum atomic E-state index is 11.9. The minimum atomic E-state index is -0.436. The number of carbonyl (C=O) groups is 2. The zero-order valence-electron chi connectivity index (χ0n) is 10.6. The second kappa shape index (κ2) is 5.30. The second-order valence-corrected chi connectivity index (χ2v) is 4.46. The van der Waals surface area contributed by atoms with Crippen LogP contribution in [0.4, 0.5) is 0 Å². The van der Waals surface area contributed by atoms with Crippen molar-refractivity contribution in [2.24, 2.45) is 0 Å². The minimum absolute atomic E-state index is 0.104. The maximum absolute atomic E-state index is 11.9. The van der Waals surface area contributed by atoms with Crippen LogP contribution in [0.3, 0.4) is 0 Å². The first-order valence-electron chi connectivity index (χ1n) is 6.11. The molecule has 2 heterocycles. The highest BCUT2D eigenvalue weighted by Crippen LogP contribution is 2.14. The van der Waals surface area contributed by atoms with E-state index in [2.05, 4.69) is 10.5 Å². The third kappa shape index (κ3) is 2.59. The van der Waals surface area contributed by atoms with Gasteiger partial charge in [0.05, 0.1) is 24.7 Å². The third-order valence-electron chi connectivity index (χ3n) is 2.89. The molecule has 1 unspecified atom stereocenters. The van der Waals surface area contributed by atoms with Crippen LogP contribution in [0.1, 0.15) is 31.2 Å². The van der Waals surface area contributed by atoms with Crippen LogP contribution in [0.5, 0.6) is 0 Å². The van der Waals surface area contributed by atoms with Crippen LogP contribution in [-0.4, -0.2) is 34.5 Å². The van der Waals surface area contributed by atoms with Gasteiger partial charge < -0.3 is 4.52 Å². The normalized spacial score (nSPS) is 19.9. The largest absolute Gasteiger partial charge is 0.360 e. The van der Waals surface area contributed by atoms with Gasteiger partial charge in [-0.05, 0) is 13.3 Å². The summed E-state index contributed by atoms with van der Waals surface area (Å²) in [6, 6.07) is 1.37. The number of rotatable bonds is 5. The van der Waals surface area contributed by atoms with Gasteiger partial charge in [0, 0.05) is 12.6 Å². The topological polar surface area (TPSA) is 75.4 Å². The molecular weight excluding hydrogens is 234 g/mol. The summed E-state index contributed by atoms with van der Waals surface area (Å²) >= 11 is 0. The summed E-state index contributed by atoms with van der Waals surface area (Å²) < 4.78 is 5.04. The summed E-state index contributed by atoms with van der Waals surface area (Å²) in [5.74, 6) is 0.424. The number of nitrogens with zero attached hydrogens (tertiary/aromatic N) is 2. The molecule has 2 amide bonds. The molecule has 6 heteroatoms. The van der Waals surface area contributed by atoms with Crippen molar-refractivity contribution in [3.8, 4) is 0 Å². The van der Waals surface area contributed by atoms with E-state index in [9.17, 15) is 9.59 Å². The van der Waals surface area contributed by atoms with E-state index in [0.717, 1.165) is 12.1 Å². The van der Waals surface area contributed by atoms with Crippen molar-refractivity contribution in [3.63, 3.8) is 0 Å². The third-order valence-corrected chi connectivity index (χ3v) is 2.89. The molecule has 0 radical (unpaired) electrons. The quantitative estimate of drug-likeness (QED) is 0.776. The molecule has 1 saturated heterocycles. The first kappa shape index (κ1) is 12.8. The van der Waals surface area contributed by atoms with E-state index in [-0.39, 0.29) is 18.2 Å². The van der Waals surface area contributed by atoms with Gasteiger partial charge in [-0.1, -0.05) is 12.1 Å². The summed E-state index contributed by atoms with van der Waals surface area (Å²) in [4.78, 5) is 24.9. The van der Waals surface area contributed by atoms with Crippen LogP contribution >= 0.6 is 0 Å². The molecule has 0 saturated carbocycles. The number of hydrogen-bond donors (Lipinski definition) is 1. The number of carbonyl (C=O) groups excluding carboxylic acids is 2. The molecule has 98 valence electrons. The van der Waals surface area contributed by atoms with Crippen molar-refractivity contribution < 1.29 is 14.1 Å². The lowest BCUT2D eigenvalue weighted by atomic mass is 10.2. The standard InChI is InChI=1S/C12H17N3O3/c1-3-4-15-11(16)6-10(12(15)17)13-7-9-5-8(2)14-18-9/h5,10,13H,3-4,6-7H2,1-2H3. The van der Waals surface area contributed by atoms with Crippen molar-refractivity contribution in [1.82, 2.24) is 15.4 Å². The van der Waals surface area contributed by atoms with E-state index in [1.54, 1.807) is 6.07 Å². The molecular formula is C12H17N3O3. The van der Waals surface area contributed by atoms with Gasteiger partial charge >= 0.3 is 0 Å². The Kier molecular flexibility index (Phi) is 3.76. The Morgan fingerprint density at radius 3 is 2.94 bits per heavy atom. The van der Waals surface area contributed by atoms with Crippen LogP contribution in [0.15, 0.2) is 10.6 Å². The smallest absolute Gasteiger partial charge is 0.246 e. The Hall–Kier alpha value is -1.69. The van der Waals surface area contributed by atoms with Gasteiger partial charge in [0.1, 0.15) is 0 Å². The van der Waals surface area contributed by atoms with Crippen LogP contribution in [0.25, 0.3) is 0 Å². The number of aromatic nitrogens is 1. The highest BCUT2D eigenvalue weighted by Gasteiger charge is 2.37. The van der Waals surface area contributed by atoms with Gasteiger partial charge in [-0.25, -0.2) is 0 Å². The fourth-order valence-electron chi connectivity index (χ4n) is 2.02. The zero-order valence-corrected chi connectivity index (χ0v) is 10.6. The Bertz CT molecular complexity index is 455. The molecule has 1 atom stereocenters. The lowest BCUT2D eigenvalue weighted by Gasteiger charge is -2.13. The van der Waals surface area contributed by atoms with Gasteiger partial charge in [-0.3, -0.25) is 19.8 Å². The summed E-state index contributed by atoms with van der Waals surface area (Å²) in [5.41, 5.74) is 0.799. The molecule has 2 rings (SSSR count). The molecule has 1 aliphatic rings. The highest BCUT2D eigenvalue weighted by atomic mass is 16.5. The van der Waals surface area contributed by atoms with Gasteiger partial charge in [0.25, 0.3) is 0 Å². The van der Waals surface area contributed by atoms with E-state index >= 15 is 0 Å². The maximum Gasteiger partial charge on any atom is 0.246 e. The summed E-state index contributed by atoms with van der Waals surface area (Å²) in [6.07, 6.45) is 1.01. The fourth-order valence-corrected chi connectivity index (χ4v) is 2.02. The number of amides is 2. The van der Waals surface area contributed by atoms with Gasteiger partial charge in [0.15, 0.2) is 5.76 Å². The summed E-state index contributed by atoms with van der Waals surface area (Å²) in [6.45, 7) is 4.68.